The number of carbonyl (C=O) groups excluding carboxylic acids is 1. The molecule has 0 aromatic heterocycles. The zero-order valence-electron chi connectivity index (χ0n) is 9.46. The molecular weight excluding hydrogens is 190 g/mol. The number of nitrogens with zero attached hydrogens (tertiary/aromatic N) is 1. The molecule has 1 saturated carbocycles. The van der Waals surface area contributed by atoms with Gasteiger partial charge in [0.2, 0.25) is 0 Å². The van der Waals surface area contributed by atoms with Crippen LogP contribution >= 0.6 is 0 Å². The van der Waals surface area contributed by atoms with Gasteiger partial charge in [-0.25, -0.2) is 4.79 Å². The maximum Gasteiger partial charge on any atom is 0.317 e. The summed E-state index contributed by atoms with van der Waals surface area (Å²) in [7, 11) is 1.98. The normalized spacial score (nSPS) is 26.5. The molecule has 1 aliphatic carbocycles. The van der Waals surface area contributed by atoms with E-state index in [4.69, 9.17) is 0 Å². The van der Waals surface area contributed by atoms with Crippen LogP contribution in [-0.4, -0.2) is 43.7 Å². The molecular formula is C11H21N3O. The minimum atomic E-state index is 0.151. The van der Waals surface area contributed by atoms with Crippen molar-refractivity contribution in [3.8, 4) is 0 Å². The number of likely N-dealkylation sites (tertiary alicyclic amines) is 1. The summed E-state index contributed by atoms with van der Waals surface area (Å²) in [5.74, 6) is 0.633. The second-order valence-electron chi connectivity index (χ2n) is 4.74. The monoisotopic (exact) mass is 211 g/mol. The molecule has 4 heteroatoms. The van der Waals surface area contributed by atoms with E-state index in [9.17, 15) is 4.79 Å². The molecule has 1 heterocycles. The number of hydrogen-bond donors (Lipinski definition) is 2. The molecule has 15 heavy (non-hydrogen) atoms. The molecule has 1 unspecified atom stereocenters. The van der Waals surface area contributed by atoms with Crippen molar-refractivity contribution in [2.24, 2.45) is 5.92 Å². The highest BCUT2D eigenvalue weighted by molar-refractivity contribution is 5.75. The molecule has 0 bridgehead atoms. The highest BCUT2D eigenvalue weighted by Crippen LogP contribution is 2.20. The Morgan fingerprint density at radius 3 is 2.87 bits per heavy atom. The Hall–Kier alpha value is -0.770. The maximum atomic E-state index is 11.8. The number of hydrogen-bond acceptors (Lipinski definition) is 2. The molecule has 86 valence electrons. The van der Waals surface area contributed by atoms with Gasteiger partial charge in [-0.1, -0.05) is 0 Å². The Kier molecular flexibility index (Phi) is 3.46. The third-order valence-electron chi connectivity index (χ3n) is 3.20. The van der Waals surface area contributed by atoms with Gasteiger partial charge in [-0.15, -0.1) is 0 Å². The molecule has 2 N–H and O–H groups in total. The third-order valence-corrected chi connectivity index (χ3v) is 3.20. The zero-order chi connectivity index (χ0) is 10.7. The molecule has 1 saturated heterocycles. The molecule has 1 aliphatic heterocycles. The average Bonchev–Trinajstić information content (AvgIpc) is 3.03. The minimum Gasteiger partial charge on any atom is -0.335 e. The smallest absolute Gasteiger partial charge is 0.317 e. The van der Waals surface area contributed by atoms with Crippen molar-refractivity contribution in [3.05, 3.63) is 0 Å². The van der Waals surface area contributed by atoms with Gasteiger partial charge in [0.25, 0.3) is 0 Å². The number of nitrogens with one attached hydrogen (secondary N) is 2. The SMILES string of the molecule is CNCC1CCCN(C(=O)NC2CC2)C1. The molecule has 4 nitrogen and oxygen atoms in total. The second kappa shape index (κ2) is 4.84. The summed E-state index contributed by atoms with van der Waals surface area (Å²) in [5, 5.41) is 6.24. The topological polar surface area (TPSA) is 44.4 Å². The Labute approximate surface area is 91.4 Å². The summed E-state index contributed by atoms with van der Waals surface area (Å²) in [6, 6.07) is 0.625. The van der Waals surface area contributed by atoms with Crippen molar-refractivity contribution in [1.82, 2.24) is 15.5 Å². The Balaban J connectivity index is 1.77. The van der Waals surface area contributed by atoms with Crippen molar-refractivity contribution in [3.63, 3.8) is 0 Å². The Morgan fingerprint density at radius 1 is 1.40 bits per heavy atom. The van der Waals surface area contributed by atoms with E-state index in [1.807, 2.05) is 11.9 Å². The predicted molar refractivity (Wildman–Crippen MR) is 59.8 cm³/mol. The lowest BCUT2D eigenvalue weighted by Gasteiger charge is -2.32. The van der Waals surface area contributed by atoms with E-state index in [2.05, 4.69) is 10.6 Å². The highest BCUT2D eigenvalue weighted by Gasteiger charge is 2.28. The number of carbonyl (C=O) groups is 1. The van der Waals surface area contributed by atoms with Gasteiger partial charge in [0.1, 0.15) is 0 Å². The number of urea groups is 1. The molecule has 0 radical (unpaired) electrons. The molecule has 2 fully saturated rings. The van der Waals surface area contributed by atoms with E-state index in [1.165, 1.54) is 19.3 Å². The van der Waals surface area contributed by atoms with Crippen molar-refractivity contribution in [2.75, 3.05) is 26.7 Å². The third kappa shape index (κ3) is 3.09. The largest absolute Gasteiger partial charge is 0.335 e. The van der Waals surface area contributed by atoms with E-state index in [1.54, 1.807) is 0 Å². The highest BCUT2D eigenvalue weighted by atomic mass is 16.2. The van der Waals surface area contributed by atoms with Gasteiger partial charge >= 0.3 is 6.03 Å². The van der Waals surface area contributed by atoms with Crippen LogP contribution in [0.5, 0.6) is 0 Å². The fourth-order valence-electron chi connectivity index (χ4n) is 2.20. The maximum absolute atomic E-state index is 11.8. The summed E-state index contributed by atoms with van der Waals surface area (Å²) in [6.45, 7) is 2.87. The minimum absolute atomic E-state index is 0.151. The quantitative estimate of drug-likeness (QED) is 0.725. The van der Waals surface area contributed by atoms with Crippen LogP contribution in [-0.2, 0) is 0 Å². The van der Waals surface area contributed by atoms with Crippen molar-refractivity contribution in [1.29, 1.82) is 0 Å². The second-order valence-corrected chi connectivity index (χ2v) is 4.74. The van der Waals surface area contributed by atoms with Gasteiger partial charge in [0.15, 0.2) is 0 Å². The van der Waals surface area contributed by atoms with Crippen LogP contribution in [0.1, 0.15) is 25.7 Å². The summed E-state index contributed by atoms with van der Waals surface area (Å²) in [5.41, 5.74) is 0. The van der Waals surface area contributed by atoms with Crippen LogP contribution in [0.4, 0.5) is 4.79 Å². The van der Waals surface area contributed by atoms with Gasteiger partial charge in [-0.2, -0.15) is 0 Å². The van der Waals surface area contributed by atoms with E-state index in [0.717, 1.165) is 26.1 Å². The average molecular weight is 211 g/mol. The van der Waals surface area contributed by atoms with Gasteiger partial charge < -0.3 is 15.5 Å². The van der Waals surface area contributed by atoms with Gasteiger partial charge in [-0.05, 0) is 45.2 Å². The summed E-state index contributed by atoms with van der Waals surface area (Å²) in [4.78, 5) is 13.8. The van der Waals surface area contributed by atoms with Crippen molar-refractivity contribution < 1.29 is 4.79 Å². The van der Waals surface area contributed by atoms with Crippen LogP contribution < -0.4 is 10.6 Å². The molecule has 0 spiro atoms. The Morgan fingerprint density at radius 2 is 2.20 bits per heavy atom. The summed E-state index contributed by atoms with van der Waals surface area (Å²) < 4.78 is 0. The van der Waals surface area contributed by atoms with Gasteiger partial charge in [0, 0.05) is 19.1 Å². The fraction of sp³-hybridized carbons (Fsp3) is 0.909. The standard InChI is InChI=1S/C11H21N3O/c1-12-7-9-3-2-6-14(8-9)11(15)13-10-4-5-10/h9-10,12H,2-8H2,1H3,(H,13,15). The van der Waals surface area contributed by atoms with Crippen LogP contribution in [0.15, 0.2) is 0 Å². The summed E-state index contributed by atoms with van der Waals surface area (Å²) in [6.07, 6.45) is 4.72. The van der Waals surface area contributed by atoms with E-state index in [-0.39, 0.29) is 6.03 Å². The predicted octanol–water partition coefficient (Wildman–Crippen LogP) is 0.790. The van der Waals surface area contributed by atoms with E-state index in [0.29, 0.717) is 12.0 Å². The fourth-order valence-corrected chi connectivity index (χ4v) is 2.20. The Bertz CT molecular complexity index is 226. The molecule has 0 aromatic rings. The first-order chi connectivity index (χ1) is 7.29. The van der Waals surface area contributed by atoms with E-state index >= 15 is 0 Å². The lowest BCUT2D eigenvalue weighted by atomic mass is 9.98. The van der Waals surface area contributed by atoms with Crippen LogP contribution in [0.3, 0.4) is 0 Å². The lowest BCUT2D eigenvalue weighted by Crippen LogP contribution is -2.47. The lowest BCUT2D eigenvalue weighted by molar-refractivity contribution is 0.165. The number of piperidine rings is 1. The van der Waals surface area contributed by atoms with E-state index < -0.39 is 0 Å². The van der Waals surface area contributed by atoms with Crippen molar-refractivity contribution in [2.45, 2.75) is 31.7 Å². The number of amides is 2. The zero-order valence-corrected chi connectivity index (χ0v) is 9.46. The molecule has 2 rings (SSSR count). The van der Waals surface area contributed by atoms with Crippen LogP contribution in [0.25, 0.3) is 0 Å². The summed E-state index contributed by atoms with van der Waals surface area (Å²) >= 11 is 0. The first-order valence-electron chi connectivity index (χ1n) is 5.99. The van der Waals surface area contributed by atoms with Crippen molar-refractivity contribution >= 4 is 6.03 Å². The molecule has 1 atom stereocenters. The first kappa shape index (κ1) is 10.7. The molecule has 2 aliphatic rings. The first-order valence-corrected chi connectivity index (χ1v) is 5.99. The molecule has 0 aromatic carbocycles. The molecule has 2 amide bonds. The van der Waals surface area contributed by atoms with Gasteiger partial charge in [0.05, 0.1) is 0 Å². The van der Waals surface area contributed by atoms with Gasteiger partial charge in [-0.3, -0.25) is 0 Å². The number of rotatable bonds is 3. The van der Waals surface area contributed by atoms with Crippen LogP contribution in [0, 0.1) is 5.92 Å². The van der Waals surface area contributed by atoms with Crippen LogP contribution in [0.2, 0.25) is 0 Å².